The smallest absolute Gasteiger partial charge is 0.254 e. The molecule has 2 heterocycles. The Labute approximate surface area is 182 Å². The molecule has 1 spiro atoms. The van der Waals surface area contributed by atoms with Crippen LogP contribution in [-0.4, -0.2) is 36.1 Å². The van der Waals surface area contributed by atoms with Crippen molar-refractivity contribution in [1.29, 1.82) is 0 Å². The van der Waals surface area contributed by atoms with Crippen LogP contribution in [0.5, 0.6) is 0 Å². The van der Waals surface area contributed by atoms with Gasteiger partial charge in [-0.3, -0.25) is 14.6 Å². The molecule has 0 unspecified atom stereocenters. The van der Waals surface area contributed by atoms with Gasteiger partial charge in [-0.05, 0) is 42.7 Å². The molecule has 5 heteroatoms. The Kier molecular flexibility index (Phi) is 5.20. The first-order chi connectivity index (χ1) is 15.2. The molecule has 0 atom stereocenters. The summed E-state index contributed by atoms with van der Waals surface area (Å²) in [5.74, 6) is -0.358. The topological polar surface area (TPSA) is 26.8 Å². The molecule has 31 heavy (non-hydrogen) atoms. The monoisotopic (exact) mass is 415 g/mol. The van der Waals surface area contributed by atoms with Gasteiger partial charge >= 0.3 is 0 Å². The third-order valence-corrected chi connectivity index (χ3v) is 6.59. The predicted molar refractivity (Wildman–Crippen MR) is 121 cm³/mol. The van der Waals surface area contributed by atoms with Crippen molar-refractivity contribution >= 4 is 17.3 Å². The lowest BCUT2D eigenvalue weighted by atomic mass is 9.85. The van der Waals surface area contributed by atoms with E-state index in [2.05, 4.69) is 34.1 Å². The van der Waals surface area contributed by atoms with Gasteiger partial charge in [0.2, 0.25) is 0 Å². The highest BCUT2D eigenvalue weighted by Crippen LogP contribution is 2.41. The molecule has 0 aromatic heterocycles. The number of carbonyl (C=O) groups is 1. The fourth-order valence-electron chi connectivity index (χ4n) is 4.91. The molecular weight excluding hydrogens is 389 g/mol. The first-order valence-electron chi connectivity index (χ1n) is 10.8. The third-order valence-electron chi connectivity index (χ3n) is 6.59. The number of benzene rings is 3. The summed E-state index contributed by atoms with van der Waals surface area (Å²) in [5, 5.41) is 0. The van der Waals surface area contributed by atoms with Crippen LogP contribution in [0.2, 0.25) is 0 Å². The summed E-state index contributed by atoms with van der Waals surface area (Å²) in [5.41, 5.74) is 2.00. The van der Waals surface area contributed by atoms with E-state index in [-0.39, 0.29) is 11.7 Å². The maximum Gasteiger partial charge on any atom is 0.254 e. The van der Waals surface area contributed by atoms with E-state index < -0.39 is 5.54 Å². The lowest BCUT2D eigenvalue weighted by Gasteiger charge is -2.43. The molecular formula is C26H26FN3O. The maximum atomic E-state index is 14.6. The minimum absolute atomic E-state index is 0.000754. The fraction of sp³-hybridized carbons (Fsp3) is 0.269. The molecule has 4 nitrogen and oxygen atoms in total. The second kappa shape index (κ2) is 8.16. The summed E-state index contributed by atoms with van der Waals surface area (Å²) in [6.45, 7) is 2.90. The van der Waals surface area contributed by atoms with Crippen LogP contribution in [0.25, 0.3) is 0 Å². The van der Waals surface area contributed by atoms with Crippen molar-refractivity contribution in [3.63, 3.8) is 0 Å². The maximum absolute atomic E-state index is 14.6. The zero-order valence-electron chi connectivity index (χ0n) is 17.5. The second-order valence-corrected chi connectivity index (χ2v) is 8.38. The third kappa shape index (κ3) is 3.59. The van der Waals surface area contributed by atoms with Crippen molar-refractivity contribution in [3.8, 4) is 0 Å². The first-order valence-corrected chi connectivity index (χ1v) is 10.8. The van der Waals surface area contributed by atoms with E-state index in [1.54, 1.807) is 23.1 Å². The van der Waals surface area contributed by atoms with E-state index in [0.717, 1.165) is 38.2 Å². The average molecular weight is 416 g/mol. The number of likely N-dealkylation sites (tertiary alicyclic amines) is 1. The zero-order valence-corrected chi connectivity index (χ0v) is 17.5. The van der Waals surface area contributed by atoms with E-state index in [1.165, 1.54) is 11.6 Å². The highest BCUT2D eigenvalue weighted by Gasteiger charge is 2.54. The Morgan fingerprint density at radius 3 is 2.10 bits per heavy atom. The molecule has 2 aliphatic rings. The highest BCUT2D eigenvalue weighted by atomic mass is 19.1. The van der Waals surface area contributed by atoms with Crippen LogP contribution in [0, 0.1) is 5.82 Å². The van der Waals surface area contributed by atoms with E-state index in [4.69, 9.17) is 0 Å². The molecule has 3 aromatic carbocycles. The standard InChI is InChI=1S/C26H26FN3O/c27-23-13-7-8-14-24(23)29-20-30(22-11-5-2-6-12-22)26(25(29)31)15-17-28(18-16-26)19-21-9-3-1-4-10-21/h1-14H,15-20H2. The molecule has 158 valence electrons. The van der Waals surface area contributed by atoms with Gasteiger partial charge in [0.05, 0.1) is 12.4 Å². The number of piperidine rings is 1. The van der Waals surface area contributed by atoms with Gasteiger partial charge in [-0.25, -0.2) is 4.39 Å². The van der Waals surface area contributed by atoms with Crippen LogP contribution in [0.3, 0.4) is 0 Å². The number of hydrogen-bond acceptors (Lipinski definition) is 3. The molecule has 5 rings (SSSR count). The molecule has 2 aliphatic heterocycles. The van der Waals surface area contributed by atoms with Gasteiger partial charge in [-0.1, -0.05) is 60.7 Å². The summed E-state index contributed by atoms with van der Waals surface area (Å²) in [7, 11) is 0. The van der Waals surface area contributed by atoms with E-state index in [9.17, 15) is 9.18 Å². The van der Waals surface area contributed by atoms with Gasteiger partial charge in [0, 0.05) is 25.3 Å². The Morgan fingerprint density at radius 1 is 0.806 bits per heavy atom. The first kappa shape index (κ1) is 19.8. The summed E-state index contributed by atoms with van der Waals surface area (Å²) < 4.78 is 14.6. The van der Waals surface area contributed by atoms with Gasteiger partial charge in [-0.2, -0.15) is 0 Å². The van der Waals surface area contributed by atoms with E-state index >= 15 is 0 Å². The van der Waals surface area contributed by atoms with Crippen molar-refractivity contribution in [1.82, 2.24) is 4.90 Å². The fourth-order valence-corrected chi connectivity index (χ4v) is 4.91. The number of para-hydroxylation sites is 2. The number of rotatable bonds is 4. The van der Waals surface area contributed by atoms with Crippen LogP contribution >= 0.6 is 0 Å². The van der Waals surface area contributed by atoms with E-state index in [1.807, 2.05) is 36.4 Å². The van der Waals surface area contributed by atoms with E-state index in [0.29, 0.717) is 12.4 Å². The Bertz CT molecular complexity index is 1050. The minimum Gasteiger partial charge on any atom is -0.338 e. The van der Waals surface area contributed by atoms with Crippen molar-refractivity contribution in [2.24, 2.45) is 0 Å². The molecule has 0 saturated carbocycles. The molecule has 0 aliphatic carbocycles. The summed E-state index contributed by atoms with van der Waals surface area (Å²) in [4.78, 5) is 20.0. The molecule has 0 radical (unpaired) electrons. The van der Waals surface area contributed by atoms with Crippen LogP contribution in [0.15, 0.2) is 84.9 Å². The Morgan fingerprint density at radius 2 is 1.42 bits per heavy atom. The largest absolute Gasteiger partial charge is 0.338 e. The Balaban J connectivity index is 1.43. The molecule has 0 bridgehead atoms. The highest BCUT2D eigenvalue weighted by molar-refractivity contribution is 6.06. The number of carbonyl (C=O) groups excluding carboxylic acids is 1. The van der Waals surface area contributed by atoms with Gasteiger partial charge in [0.25, 0.3) is 5.91 Å². The van der Waals surface area contributed by atoms with Crippen LogP contribution < -0.4 is 9.80 Å². The molecule has 2 fully saturated rings. The minimum atomic E-state index is -0.642. The number of amides is 1. The molecule has 3 aromatic rings. The van der Waals surface area contributed by atoms with Crippen LogP contribution in [0.1, 0.15) is 18.4 Å². The lowest BCUT2D eigenvalue weighted by molar-refractivity contribution is -0.123. The van der Waals surface area contributed by atoms with Crippen molar-refractivity contribution < 1.29 is 9.18 Å². The normalized spacial score (nSPS) is 18.7. The number of nitrogens with zero attached hydrogens (tertiary/aromatic N) is 3. The van der Waals surface area contributed by atoms with Crippen molar-refractivity contribution in [2.75, 3.05) is 29.6 Å². The molecule has 0 N–H and O–H groups in total. The van der Waals surface area contributed by atoms with Crippen LogP contribution in [0.4, 0.5) is 15.8 Å². The van der Waals surface area contributed by atoms with Gasteiger partial charge in [0.1, 0.15) is 11.4 Å². The molecule has 2 saturated heterocycles. The Hall–Kier alpha value is -3.18. The van der Waals surface area contributed by atoms with Gasteiger partial charge in [0.15, 0.2) is 0 Å². The van der Waals surface area contributed by atoms with Crippen molar-refractivity contribution in [2.45, 2.75) is 24.9 Å². The summed E-state index contributed by atoms with van der Waals surface area (Å²) in [6.07, 6.45) is 1.44. The zero-order chi connectivity index (χ0) is 21.3. The average Bonchev–Trinajstić information content (AvgIpc) is 3.09. The number of halogens is 1. The predicted octanol–water partition coefficient (Wildman–Crippen LogP) is 4.67. The molecule has 1 amide bonds. The SMILES string of the molecule is O=C1N(c2ccccc2F)CN(c2ccccc2)C12CCN(Cc1ccccc1)CC2. The van der Waals surface area contributed by atoms with Crippen molar-refractivity contribution in [3.05, 3.63) is 96.3 Å². The quantitative estimate of drug-likeness (QED) is 0.620. The number of anilines is 2. The second-order valence-electron chi connectivity index (χ2n) is 8.38. The van der Waals surface area contributed by atoms with Crippen LogP contribution in [-0.2, 0) is 11.3 Å². The summed E-state index contributed by atoms with van der Waals surface area (Å²) >= 11 is 0. The lowest BCUT2D eigenvalue weighted by Crippen LogP contribution is -2.56. The van der Waals surface area contributed by atoms with Gasteiger partial charge < -0.3 is 4.90 Å². The number of hydrogen-bond donors (Lipinski definition) is 0. The van der Waals surface area contributed by atoms with Gasteiger partial charge in [-0.15, -0.1) is 0 Å². The summed E-state index contributed by atoms with van der Waals surface area (Å²) in [6, 6.07) is 27.0.